The second kappa shape index (κ2) is 8.25. The van der Waals surface area contributed by atoms with E-state index in [2.05, 4.69) is 42.3 Å². The van der Waals surface area contributed by atoms with Crippen molar-refractivity contribution in [1.29, 1.82) is 0 Å². The minimum atomic E-state index is 0.670. The summed E-state index contributed by atoms with van der Waals surface area (Å²) < 4.78 is 11.3. The average Bonchev–Trinajstić information content (AvgIpc) is 2.48. The van der Waals surface area contributed by atoms with Crippen LogP contribution in [-0.4, -0.2) is 39.5 Å². The summed E-state index contributed by atoms with van der Waals surface area (Å²) in [5.74, 6) is 1.66. The van der Waals surface area contributed by atoms with Gasteiger partial charge in [-0.05, 0) is 37.1 Å². The Morgan fingerprint density at radius 1 is 1.29 bits per heavy atom. The highest BCUT2D eigenvalue weighted by molar-refractivity contribution is 5.60. The van der Waals surface area contributed by atoms with Crippen molar-refractivity contribution in [3.05, 3.63) is 23.8 Å². The topological polar surface area (TPSA) is 33.7 Å². The third-order valence-electron chi connectivity index (χ3n) is 3.56. The second-order valence-electron chi connectivity index (χ2n) is 5.86. The maximum Gasteiger partial charge on any atom is 0.142 e. The first-order valence-corrected chi connectivity index (χ1v) is 7.99. The maximum atomic E-state index is 5.85. The van der Waals surface area contributed by atoms with Crippen LogP contribution in [0.1, 0.15) is 26.3 Å². The predicted octanol–water partition coefficient (Wildman–Crippen LogP) is 2.67. The van der Waals surface area contributed by atoms with Crippen molar-refractivity contribution in [3.63, 3.8) is 0 Å². The Bertz CT molecular complexity index is 429. The molecule has 1 N–H and O–H groups in total. The molecule has 0 bridgehead atoms. The zero-order chi connectivity index (χ0) is 15.1. The fourth-order valence-electron chi connectivity index (χ4n) is 2.51. The molecule has 0 spiro atoms. The molecule has 21 heavy (non-hydrogen) atoms. The minimum Gasteiger partial charge on any atom is -0.492 e. The normalized spacial score (nSPS) is 15.5. The van der Waals surface area contributed by atoms with E-state index in [1.165, 1.54) is 11.3 Å². The lowest BCUT2D eigenvalue weighted by Crippen LogP contribution is -2.36. The van der Waals surface area contributed by atoms with E-state index in [1.807, 2.05) is 6.92 Å². The molecule has 1 aromatic carbocycles. The molecule has 0 saturated carbocycles. The predicted molar refractivity (Wildman–Crippen MR) is 87.2 cm³/mol. The highest BCUT2D eigenvalue weighted by atomic mass is 16.5. The van der Waals surface area contributed by atoms with Crippen LogP contribution in [-0.2, 0) is 11.3 Å². The number of nitrogens with zero attached hydrogens (tertiary/aromatic N) is 1. The summed E-state index contributed by atoms with van der Waals surface area (Å²) in [6, 6.07) is 6.55. The van der Waals surface area contributed by atoms with Crippen molar-refractivity contribution in [2.75, 3.05) is 44.4 Å². The first-order valence-electron chi connectivity index (χ1n) is 7.99. The van der Waals surface area contributed by atoms with E-state index < -0.39 is 0 Å². The van der Waals surface area contributed by atoms with Gasteiger partial charge in [0.05, 0.1) is 25.5 Å². The molecular formula is C17H28N2O2. The summed E-state index contributed by atoms with van der Waals surface area (Å²) in [5, 5.41) is 3.48. The molecule has 1 heterocycles. The van der Waals surface area contributed by atoms with E-state index in [4.69, 9.17) is 9.47 Å². The van der Waals surface area contributed by atoms with Gasteiger partial charge in [0.1, 0.15) is 5.75 Å². The van der Waals surface area contributed by atoms with Gasteiger partial charge in [0.2, 0.25) is 0 Å². The molecular weight excluding hydrogens is 264 g/mol. The van der Waals surface area contributed by atoms with Gasteiger partial charge in [0.25, 0.3) is 0 Å². The van der Waals surface area contributed by atoms with Gasteiger partial charge in [0, 0.05) is 19.6 Å². The van der Waals surface area contributed by atoms with Gasteiger partial charge in [-0.15, -0.1) is 0 Å². The summed E-state index contributed by atoms with van der Waals surface area (Å²) in [5.41, 5.74) is 2.46. The lowest BCUT2D eigenvalue weighted by molar-refractivity contribution is 0.122. The zero-order valence-electron chi connectivity index (χ0n) is 13.5. The Balaban J connectivity index is 2.06. The number of nitrogens with one attached hydrogen (secondary N) is 1. The quantitative estimate of drug-likeness (QED) is 0.838. The minimum absolute atomic E-state index is 0.670. The highest BCUT2D eigenvalue weighted by Crippen LogP contribution is 2.30. The standard InChI is InChI=1S/C17H28N2O2/c1-4-21-17-11-15(13-18-12-14(2)3)5-6-16(17)19-7-9-20-10-8-19/h5-6,11,14,18H,4,7-10,12-13H2,1-3H3. The first-order chi connectivity index (χ1) is 10.2. The Hall–Kier alpha value is -1.26. The van der Waals surface area contributed by atoms with E-state index in [-0.39, 0.29) is 0 Å². The van der Waals surface area contributed by atoms with Crippen LogP contribution in [0.3, 0.4) is 0 Å². The molecule has 0 radical (unpaired) electrons. The summed E-state index contributed by atoms with van der Waals surface area (Å²) in [6.45, 7) is 12.6. The maximum absolute atomic E-state index is 5.85. The average molecular weight is 292 g/mol. The molecule has 1 aliphatic rings. The number of ether oxygens (including phenoxy) is 2. The van der Waals surface area contributed by atoms with Crippen LogP contribution in [0.25, 0.3) is 0 Å². The van der Waals surface area contributed by atoms with Crippen molar-refractivity contribution in [1.82, 2.24) is 5.32 Å². The largest absolute Gasteiger partial charge is 0.492 e. The van der Waals surface area contributed by atoms with Crippen molar-refractivity contribution >= 4 is 5.69 Å². The monoisotopic (exact) mass is 292 g/mol. The number of anilines is 1. The fraction of sp³-hybridized carbons (Fsp3) is 0.647. The van der Waals surface area contributed by atoms with Crippen LogP contribution < -0.4 is 15.0 Å². The number of morpholine rings is 1. The van der Waals surface area contributed by atoms with Crippen LogP contribution >= 0.6 is 0 Å². The molecule has 1 saturated heterocycles. The Kier molecular flexibility index (Phi) is 6.33. The van der Waals surface area contributed by atoms with Gasteiger partial charge in [0.15, 0.2) is 0 Å². The van der Waals surface area contributed by atoms with Gasteiger partial charge in [-0.25, -0.2) is 0 Å². The van der Waals surface area contributed by atoms with Gasteiger partial charge in [-0.1, -0.05) is 19.9 Å². The number of benzene rings is 1. The number of hydrogen-bond acceptors (Lipinski definition) is 4. The summed E-state index contributed by atoms with van der Waals surface area (Å²) in [6.07, 6.45) is 0. The molecule has 2 rings (SSSR count). The fourth-order valence-corrected chi connectivity index (χ4v) is 2.51. The van der Waals surface area contributed by atoms with Gasteiger partial charge < -0.3 is 19.7 Å². The molecule has 0 unspecified atom stereocenters. The SMILES string of the molecule is CCOc1cc(CNCC(C)C)ccc1N1CCOCC1. The van der Waals surface area contributed by atoms with E-state index in [1.54, 1.807) is 0 Å². The van der Waals surface area contributed by atoms with E-state index in [0.717, 1.165) is 45.1 Å². The number of hydrogen-bond donors (Lipinski definition) is 1. The molecule has 0 atom stereocenters. The van der Waals surface area contributed by atoms with Crippen LogP contribution in [0.4, 0.5) is 5.69 Å². The molecule has 0 amide bonds. The van der Waals surface area contributed by atoms with Crippen molar-refractivity contribution in [2.24, 2.45) is 5.92 Å². The van der Waals surface area contributed by atoms with Gasteiger partial charge >= 0.3 is 0 Å². The summed E-state index contributed by atoms with van der Waals surface area (Å²) in [4.78, 5) is 2.35. The van der Waals surface area contributed by atoms with E-state index >= 15 is 0 Å². The van der Waals surface area contributed by atoms with Crippen LogP contribution in [0, 0.1) is 5.92 Å². The smallest absolute Gasteiger partial charge is 0.142 e. The third kappa shape index (κ3) is 4.90. The Labute approximate surface area is 128 Å². The molecule has 4 heteroatoms. The molecule has 4 nitrogen and oxygen atoms in total. The molecule has 1 aromatic rings. The van der Waals surface area contributed by atoms with Gasteiger partial charge in [-0.2, -0.15) is 0 Å². The third-order valence-corrected chi connectivity index (χ3v) is 3.56. The van der Waals surface area contributed by atoms with Crippen molar-refractivity contribution < 1.29 is 9.47 Å². The molecule has 1 aliphatic heterocycles. The van der Waals surface area contributed by atoms with Crippen LogP contribution in [0.2, 0.25) is 0 Å². The van der Waals surface area contributed by atoms with Gasteiger partial charge in [-0.3, -0.25) is 0 Å². The lowest BCUT2D eigenvalue weighted by Gasteiger charge is -2.30. The van der Waals surface area contributed by atoms with Crippen LogP contribution in [0.5, 0.6) is 5.75 Å². The molecule has 0 aromatic heterocycles. The molecule has 1 fully saturated rings. The molecule has 0 aliphatic carbocycles. The first kappa shape index (κ1) is 16.1. The second-order valence-corrected chi connectivity index (χ2v) is 5.86. The number of rotatable bonds is 7. The highest BCUT2D eigenvalue weighted by Gasteiger charge is 2.16. The van der Waals surface area contributed by atoms with Crippen molar-refractivity contribution in [3.8, 4) is 5.75 Å². The van der Waals surface area contributed by atoms with E-state index in [9.17, 15) is 0 Å². The zero-order valence-corrected chi connectivity index (χ0v) is 13.5. The molecule has 118 valence electrons. The van der Waals surface area contributed by atoms with Crippen LogP contribution in [0.15, 0.2) is 18.2 Å². The van der Waals surface area contributed by atoms with E-state index in [0.29, 0.717) is 12.5 Å². The Morgan fingerprint density at radius 2 is 2.05 bits per heavy atom. The summed E-state index contributed by atoms with van der Waals surface area (Å²) in [7, 11) is 0. The summed E-state index contributed by atoms with van der Waals surface area (Å²) >= 11 is 0. The van der Waals surface area contributed by atoms with Crippen molar-refractivity contribution in [2.45, 2.75) is 27.3 Å². The Morgan fingerprint density at radius 3 is 2.71 bits per heavy atom. The lowest BCUT2D eigenvalue weighted by atomic mass is 10.1.